The molecule has 0 saturated heterocycles. The van der Waals surface area contributed by atoms with Crippen molar-refractivity contribution >= 4 is 43.9 Å². The number of thiophene rings is 1. The smallest absolute Gasteiger partial charge is 0.245 e. The molecular formula is C16H14N2O2S2. The molecule has 0 unspecified atom stereocenters. The standard InChI is InChI=1S/C16H14N2O2S2/c19-13(8-4-7-11-5-2-1-3-6-11)17-16-18-14-12(9-10-21-14)15(20)22-16/h1-3,5-6,9-10H,4,7-8H2,(H,17,18,19). The first-order valence-corrected chi connectivity index (χ1v) is 8.64. The summed E-state index contributed by atoms with van der Waals surface area (Å²) in [7, 11) is 0. The fraction of sp³-hybridized carbons (Fsp3) is 0.188. The Labute approximate surface area is 135 Å². The van der Waals surface area contributed by atoms with Crippen molar-refractivity contribution in [1.29, 1.82) is 0 Å². The van der Waals surface area contributed by atoms with Crippen LogP contribution in [0.15, 0.2) is 46.6 Å². The highest BCUT2D eigenvalue weighted by Crippen LogP contribution is 2.20. The van der Waals surface area contributed by atoms with E-state index in [1.807, 2.05) is 23.6 Å². The van der Waals surface area contributed by atoms with Crippen LogP contribution in [-0.4, -0.2) is 10.9 Å². The fourth-order valence-electron chi connectivity index (χ4n) is 2.13. The number of hydrogen-bond donors (Lipinski definition) is 1. The van der Waals surface area contributed by atoms with Gasteiger partial charge in [0.15, 0.2) is 5.13 Å². The maximum Gasteiger partial charge on any atom is 0.245 e. The van der Waals surface area contributed by atoms with E-state index in [0.29, 0.717) is 21.8 Å². The third kappa shape index (κ3) is 3.58. The molecule has 0 aliphatic carbocycles. The molecule has 0 atom stereocenters. The van der Waals surface area contributed by atoms with Gasteiger partial charge in [0.1, 0.15) is 4.83 Å². The highest BCUT2D eigenvalue weighted by atomic mass is 32.1. The Morgan fingerprint density at radius 1 is 1.18 bits per heavy atom. The van der Waals surface area contributed by atoms with E-state index in [9.17, 15) is 9.59 Å². The Hall–Kier alpha value is -2.05. The number of nitrogens with zero attached hydrogens (tertiary/aromatic N) is 1. The van der Waals surface area contributed by atoms with Crippen LogP contribution in [0.4, 0.5) is 5.13 Å². The van der Waals surface area contributed by atoms with Crippen LogP contribution in [0.3, 0.4) is 0 Å². The number of fused-ring (bicyclic) bond motifs is 1. The molecule has 1 N–H and O–H groups in total. The largest absolute Gasteiger partial charge is 0.302 e. The zero-order valence-corrected chi connectivity index (χ0v) is 13.4. The third-order valence-electron chi connectivity index (χ3n) is 3.22. The molecule has 6 heteroatoms. The number of rotatable bonds is 5. The van der Waals surface area contributed by atoms with Crippen molar-refractivity contribution in [1.82, 2.24) is 4.98 Å². The highest BCUT2D eigenvalue weighted by Gasteiger charge is 2.09. The summed E-state index contributed by atoms with van der Waals surface area (Å²) < 4.78 is -0.0640. The minimum Gasteiger partial charge on any atom is -0.302 e. The van der Waals surface area contributed by atoms with E-state index in [0.717, 1.165) is 24.2 Å². The van der Waals surface area contributed by atoms with E-state index < -0.39 is 0 Å². The average molecular weight is 330 g/mol. The number of anilines is 1. The number of hydrogen-bond acceptors (Lipinski definition) is 5. The second-order valence-corrected chi connectivity index (χ2v) is 6.69. The lowest BCUT2D eigenvalue weighted by atomic mass is 10.1. The summed E-state index contributed by atoms with van der Waals surface area (Å²) in [4.78, 5) is 28.8. The van der Waals surface area contributed by atoms with Gasteiger partial charge in [-0.05, 0) is 29.9 Å². The van der Waals surface area contributed by atoms with E-state index in [-0.39, 0.29) is 10.6 Å². The van der Waals surface area contributed by atoms with Crippen molar-refractivity contribution in [2.45, 2.75) is 19.3 Å². The van der Waals surface area contributed by atoms with Crippen molar-refractivity contribution in [3.05, 3.63) is 56.9 Å². The maximum atomic E-state index is 11.9. The summed E-state index contributed by atoms with van der Waals surface area (Å²) in [6.07, 6.45) is 2.05. The number of amides is 1. The molecule has 3 aromatic rings. The molecule has 2 aromatic heterocycles. The molecular weight excluding hydrogens is 316 g/mol. The second kappa shape index (κ2) is 6.81. The summed E-state index contributed by atoms with van der Waals surface area (Å²) >= 11 is 2.38. The van der Waals surface area contributed by atoms with E-state index in [2.05, 4.69) is 22.4 Å². The summed E-state index contributed by atoms with van der Waals surface area (Å²) in [5.74, 6) is -0.102. The number of carbonyl (C=O) groups excluding carboxylic acids is 1. The van der Waals surface area contributed by atoms with Crippen LogP contribution in [0.5, 0.6) is 0 Å². The van der Waals surface area contributed by atoms with Crippen LogP contribution in [0.25, 0.3) is 10.2 Å². The molecule has 0 aliphatic heterocycles. The van der Waals surface area contributed by atoms with Crippen molar-refractivity contribution in [3.8, 4) is 0 Å². The summed E-state index contributed by atoms with van der Waals surface area (Å²) in [5.41, 5.74) is 1.22. The van der Waals surface area contributed by atoms with Crippen LogP contribution < -0.4 is 10.1 Å². The van der Waals surface area contributed by atoms with Gasteiger partial charge in [0.05, 0.1) is 5.39 Å². The van der Waals surface area contributed by atoms with E-state index in [1.165, 1.54) is 16.9 Å². The Kier molecular flexibility index (Phi) is 4.60. The molecule has 0 saturated carbocycles. The first-order valence-electron chi connectivity index (χ1n) is 6.94. The van der Waals surface area contributed by atoms with Crippen LogP contribution >= 0.6 is 22.7 Å². The predicted octanol–water partition coefficient (Wildman–Crippen LogP) is 3.68. The average Bonchev–Trinajstić information content (AvgIpc) is 2.97. The third-order valence-corrected chi connectivity index (χ3v) is 4.81. The van der Waals surface area contributed by atoms with Crippen molar-refractivity contribution < 1.29 is 4.79 Å². The number of nitrogens with one attached hydrogen (secondary N) is 1. The molecule has 0 bridgehead atoms. The van der Waals surface area contributed by atoms with E-state index in [1.54, 1.807) is 6.07 Å². The van der Waals surface area contributed by atoms with Gasteiger partial charge in [-0.15, -0.1) is 11.3 Å². The van der Waals surface area contributed by atoms with Crippen molar-refractivity contribution in [2.24, 2.45) is 0 Å². The molecule has 2 heterocycles. The van der Waals surface area contributed by atoms with Gasteiger partial charge < -0.3 is 5.32 Å². The lowest BCUT2D eigenvalue weighted by Crippen LogP contribution is -2.13. The molecule has 0 radical (unpaired) electrons. The molecule has 112 valence electrons. The number of carbonyl (C=O) groups is 1. The Balaban J connectivity index is 1.57. The van der Waals surface area contributed by atoms with Crippen LogP contribution in [0.2, 0.25) is 0 Å². The summed E-state index contributed by atoms with van der Waals surface area (Å²) in [5, 5.41) is 5.56. The zero-order valence-electron chi connectivity index (χ0n) is 11.7. The van der Waals surface area contributed by atoms with E-state index >= 15 is 0 Å². The maximum absolute atomic E-state index is 11.9. The van der Waals surface area contributed by atoms with Crippen molar-refractivity contribution in [2.75, 3.05) is 5.32 Å². The highest BCUT2D eigenvalue weighted by molar-refractivity contribution is 7.18. The Bertz CT molecular complexity index is 840. The van der Waals surface area contributed by atoms with Gasteiger partial charge in [-0.3, -0.25) is 9.59 Å². The molecule has 1 amide bonds. The van der Waals surface area contributed by atoms with Crippen LogP contribution in [0, 0.1) is 0 Å². The SMILES string of the molecule is O=C(CCCc1ccccc1)Nc1nc2sccc2c(=O)s1. The number of aromatic nitrogens is 1. The van der Waals surface area contributed by atoms with Gasteiger partial charge in [-0.2, -0.15) is 0 Å². The normalized spacial score (nSPS) is 10.7. The molecule has 1 aromatic carbocycles. The van der Waals surface area contributed by atoms with Gasteiger partial charge in [0.2, 0.25) is 10.6 Å². The topological polar surface area (TPSA) is 59.1 Å². The second-order valence-electron chi connectivity index (χ2n) is 4.83. The van der Waals surface area contributed by atoms with Gasteiger partial charge in [-0.25, -0.2) is 4.98 Å². The minimum atomic E-state index is -0.102. The first kappa shape index (κ1) is 14.9. The summed E-state index contributed by atoms with van der Waals surface area (Å²) in [6.45, 7) is 0. The lowest BCUT2D eigenvalue weighted by molar-refractivity contribution is -0.116. The lowest BCUT2D eigenvalue weighted by Gasteiger charge is -2.04. The molecule has 0 spiro atoms. The molecule has 0 aliphatic rings. The van der Waals surface area contributed by atoms with Crippen LogP contribution in [0.1, 0.15) is 18.4 Å². The van der Waals surface area contributed by atoms with Gasteiger partial charge >= 0.3 is 0 Å². The van der Waals surface area contributed by atoms with E-state index in [4.69, 9.17) is 0 Å². The number of aryl methyl sites for hydroxylation is 1. The summed E-state index contributed by atoms with van der Waals surface area (Å²) in [6, 6.07) is 11.8. The van der Waals surface area contributed by atoms with Gasteiger partial charge in [0, 0.05) is 6.42 Å². The number of benzene rings is 1. The molecule has 22 heavy (non-hydrogen) atoms. The Morgan fingerprint density at radius 3 is 2.82 bits per heavy atom. The van der Waals surface area contributed by atoms with Gasteiger partial charge in [-0.1, -0.05) is 41.7 Å². The molecule has 3 rings (SSSR count). The minimum absolute atomic E-state index is 0.0640. The first-order chi connectivity index (χ1) is 10.7. The molecule has 0 fully saturated rings. The van der Waals surface area contributed by atoms with Crippen LogP contribution in [-0.2, 0) is 11.2 Å². The van der Waals surface area contributed by atoms with Crippen molar-refractivity contribution in [3.63, 3.8) is 0 Å². The Morgan fingerprint density at radius 2 is 2.00 bits per heavy atom. The molecule has 4 nitrogen and oxygen atoms in total. The quantitative estimate of drug-likeness (QED) is 0.776. The fourth-order valence-corrected chi connectivity index (χ4v) is 3.77. The monoisotopic (exact) mass is 330 g/mol. The van der Waals surface area contributed by atoms with Gasteiger partial charge in [0.25, 0.3) is 0 Å². The zero-order chi connectivity index (χ0) is 15.4. The predicted molar refractivity (Wildman–Crippen MR) is 91.8 cm³/mol.